The van der Waals surface area contributed by atoms with Gasteiger partial charge in [0, 0.05) is 24.1 Å². The van der Waals surface area contributed by atoms with Crippen LogP contribution in [0.1, 0.15) is 63.9 Å². The van der Waals surface area contributed by atoms with Crippen LogP contribution < -0.4 is 21.3 Å². The van der Waals surface area contributed by atoms with Crippen LogP contribution in [0.5, 0.6) is 0 Å². The summed E-state index contributed by atoms with van der Waals surface area (Å²) in [4.78, 5) is 26.1. The van der Waals surface area contributed by atoms with Gasteiger partial charge < -0.3 is 21.3 Å². The van der Waals surface area contributed by atoms with E-state index in [2.05, 4.69) is 10.6 Å². The molecule has 0 bridgehead atoms. The lowest BCUT2D eigenvalue weighted by atomic mass is 9.88. The van der Waals surface area contributed by atoms with Gasteiger partial charge in [0.25, 0.3) is 5.91 Å². The highest BCUT2D eigenvalue weighted by molar-refractivity contribution is 6.00. The Kier molecular flexibility index (Phi) is 5.84. The van der Waals surface area contributed by atoms with E-state index in [0.29, 0.717) is 23.5 Å². The lowest BCUT2D eigenvalue weighted by Crippen LogP contribution is -2.55. The Bertz CT molecular complexity index is 813. The van der Waals surface area contributed by atoms with E-state index in [-0.39, 0.29) is 5.91 Å². The van der Waals surface area contributed by atoms with E-state index >= 15 is 0 Å². The van der Waals surface area contributed by atoms with Crippen LogP contribution in [0.15, 0.2) is 12.1 Å². The molecule has 0 saturated carbocycles. The summed E-state index contributed by atoms with van der Waals surface area (Å²) in [5, 5.41) is 5.39. The van der Waals surface area contributed by atoms with E-state index in [1.807, 2.05) is 25.7 Å². The number of carbonyl (C=O) groups excluding carboxylic acids is 2. The van der Waals surface area contributed by atoms with E-state index < -0.39 is 35.6 Å². The van der Waals surface area contributed by atoms with E-state index in [9.17, 15) is 22.8 Å². The highest BCUT2D eigenvalue weighted by Gasteiger charge is 2.48. The van der Waals surface area contributed by atoms with Gasteiger partial charge in [0.15, 0.2) is 0 Å². The molecule has 0 radical (unpaired) electrons. The monoisotopic (exact) mass is 414 g/mol. The zero-order valence-corrected chi connectivity index (χ0v) is 17.6. The highest BCUT2D eigenvalue weighted by atomic mass is 19.4. The first-order valence-electron chi connectivity index (χ1n) is 9.40. The molecule has 1 aromatic rings. The van der Waals surface area contributed by atoms with Gasteiger partial charge in [-0.1, -0.05) is 13.8 Å². The van der Waals surface area contributed by atoms with Crippen molar-refractivity contribution in [2.45, 2.75) is 72.4 Å². The molecule has 1 unspecified atom stereocenters. The molecule has 1 aliphatic heterocycles. The number of anilines is 2. The van der Waals surface area contributed by atoms with Gasteiger partial charge in [-0.3, -0.25) is 9.59 Å². The Morgan fingerprint density at radius 2 is 1.83 bits per heavy atom. The van der Waals surface area contributed by atoms with Crippen LogP contribution in [0.25, 0.3) is 0 Å². The summed E-state index contributed by atoms with van der Waals surface area (Å²) in [6.45, 7) is 9.80. The second-order valence-corrected chi connectivity index (χ2v) is 9.09. The van der Waals surface area contributed by atoms with Crippen molar-refractivity contribution in [1.82, 2.24) is 10.6 Å². The number of nitrogen functional groups attached to an aromatic ring is 1. The quantitative estimate of drug-likeness (QED) is 0.508. The summed E-state index contributed by atoms with van der Waals surface area (Å²) >= 11 is 0. The van der Waals surface area contributed by atoms with Crippen molar-refractivity contribution in [1.29, 1.82) is 0 Å². The topological polar surface area (TPSA) is 87.5 Å². The Morgan fingerprint density at radius 3 is 2.34 bits per heavy atom. The second kappa shape index (κ2) is 7.42. The number of carbonyl (C=O) groups is 2. The molecule has 2 amide bonds. The zero-order valence-electron chi connectivity index (χ0n) is 17.6. The summed E-state index contributed by atoms with van der Waals surface area (Å²) in [5.74, 6) is -0.901. The number of nitrogens with one attached hydrogen (secondary N) is 2. The Hall–Kier alpha value is -2.45. The number of hydrogen-bond acceptors (Lipinski definition) is 4. The van der Waals surface area contributed by atoms with Crippen LogP contribution in [-0.4, -0.2) is 29.7 Å². The molecule has 1 aromatic carbocycles. The molecule has 1 aliphatic rings. The number of amides is 2. The van der Waals surface area contributed by atoms with Gasteiger partial charge >= 0.3 is 6.18 Å². The van der Waals surface area contributed by atoms with Gasteiger partial charge in [-0.2, -0.15) is 13.2 Å². The fraction of sp³-hybridized carbons (Fsp3) is 0.600. The van der Waals surface area contributed by atoms with Gasteiger partial charge in [-0.15, -0.1) is 0 Å². The normalized spacial score (nSPS) is 15.6. The maximum absolute atomic E-state index is 13.1. The minimum atomic E-state index is -4.48. The number of rotatable bonds is 5. The number of nitrogens with zero attached hydrogens (tertiary/aromatic N) is 1. The predicted molar refractivity (Wildman–Crippen MR) is 106 cm³/mol. The molecule has 0 aromatic heterocycles. The lowest BCUT2D eigenvalue weighted by molar-refractivity contribution is -0.213. The number of fused-ring (bicyclic) bond motifs is 1. The summed E-state index contributed by atoms with van der Waals surface area (Å²) in [6.07, 6.45) is -5.80. The molecule has 1 heterocycles. The minimum Gasteiger partial charge on any atom is -0.397 e. The summed E-state index contributed by atoms with van der Waals surface area (Å²) in [6, 6.07) is 3.38. The molecule has 4 N–H and O–H groups in total. The van der Waals surface area contributed by atoms with Crippen molar-refractivity contribution in [3.05, 3.63) is 23.3 Å². The number of benzene rings is 1. The molecule has 6 nitrogen and oxygen atoms in total. The summed E-state index contributed by atoms with van der Waals surface area (Å²) < 4.78 is 39.3. The standard InChI is InChI=1S/C20H29F3N4O2/c1-11(26-16(28)9-19(5,6)20(21,22)23)27(18(2,3)4)15-7-12-10-25-17(29)13(12)8-14(15)24/h7-8,11H,9-10,24H2,1-6H3,(H,25,29)(H,26,28). The highest BCUT2D eigenvalue weighted by Crippen LogP contribution is 2.40. The Balaban J connectivity index is 2.30. The number of alkyl halides is 3. The number of nitrogens with two attached hydrogens (primary N) is 1. The molecule has 162 valence electrons. The van der Waals surface area contributed by atoms with Gasteiger partial charge in [0.05, 0.1) is 23.0 Å². The van der Waals surface area contributed by atoms with Crippen molar-refractivity contribution in [3.63, 3.8) is 0 Å². The first kappa shape index (κ1) is 22.8. The van der Waals surface area contributed by atoms with Gasteiger partial charge in [0.1, 0.15) is 0 Å². The molecule has 29 heavy (non-hydrogen) atoms. The third kappa shape index (κ3) is 4.76. The van der Waals surface area contributed by atoms with E-state index in [4.69, 9.17) is 5.73 Å². The molecular formula is C20H29F3N4O2. The van der Waals surface area contributed by atoms with Crippen LogP contribution in [-0.2, 0) is 11.3 Å². The van der Waals surface area contributed by atoms with E-state index in [1.165, 1.54) is 0 Å². The van der Waals surface area contributed by atoms with Crippen molar-refractivity contribution >= 4 is 23.2 Å². The van der Waals surface area contributed by atoms with Crippen molar-refractivity contribution in [2.75, 3.05) is 10.6 Å². The molecule has 0 saturated heterocycles. The van der Waals surface area contributed by atoms with Crippen molar-refractivity contribution in [3.8, 4) is 0 Å². The molecule has 1 atom stereocenters. The average molecular weight is 414 g/mol. The van der Waals surface area contributed by atoms with Crippen LogP contribution in [0.2, 0.25) is 0 Å². The fourth-order valence-electron chi connectivity index (χ4n) is 3.49. The summed E-state index contributed by atoms with van der Waals surface area (Å²) in [7, 11) is 0. The molecule has 9 heteroatoms. The Morgan fingerprint density at radius 1 is 1.24 bits per heavy atom. The third-order valence-corrected chi connectivity index (χ3v) is 5.05. The average Bonchev–Trinajstić information content (AvgIpc) is 2.85. The fourth-order valence-corrected chi connectivity index (χ4v) is 3.49. The van der Waals surface area contributed by atoms with Crippen LogP contribution in [0.3, 0.4) is 0 Å². The first-order valence-corrected chi connectivity index (χ1v) is 9.40. The lowest BCUT2D eigenvalue weighted by Gasteiger charge is -2.43. The third-order valence-electron chi connectivity index (χ3n) is 5.05. The zero-order chi connectivity index (χ0) is 22.4. The minimum absolute atomic E-state index is 0.198. The Labute approximate surface area is 169 Å². The SMILES string of the molecule is CC(NC(=O)CC(C)(C)C(F)(F)F)N(c1cc2c(cc1N)C(=O)NC2)C(C)(C)C. The molecule has 0 spiro atoms. The number of halogens is 3. The molecule has 0 fully saturated rings. The van der Waals surface area contributed by atoms with Crippen LogP contribution in [0.4, 0.5) is 24.5 Å². The van der Waals surface area contributed by atoms with Crippen molar-refractivity contribution < 1.29 is 22.8 Å². The maximum atomic E-state index is 13.1. The number of hydrogen-bond donors (Lipinski definition) is 3. The van der Waals surface area contributed by atoms with E-state index in [1.54, 1.807) is 19.1 Å². The molecular weight excluding hydrogens is 385 g/mol. The maximum Gasteiger partial charge on any atom is 0.394 e. The van der Waals surface area contributed by atoms with Gasteiger partial charge in [-0.05, 0) is 45.4 Å². The van der Waals surface area contributed by atoms with Crippen LogP contribution >= 0.6 is 0 Å². The second-order valence-electron chi connectivity index (χ2n) is 9.09. The molecule has 2 rings (SSSR count). The van der Waals surface area contributed by atoms with Crippen LogP contribution in [0, 0.1) is 5.41 Å². The van der Waals surface area contributed by atoms with Crippen molar-refractivity contribution in [2.24, 2.45) is 5.41 Å². The largest absolute Gasteiger partial charge is 0.397 e. The van der Waals surface area contributed by atoms with Gasteiger partial charge in [0.2, 0.25) is 5.91 Å². The molecule has 0 aliphatic carbocycles. The summed E-state index contributed by atoms with van der Waals surface area (Å²) in [5.41, 5.74) is 5.80. The van der Waals surface area contributed by atoms with E-state index in [0.717, 1.165) is 19.4 Å². The van der Waals surface area contributed by atoms with Gasteiger partial charge in [-0.25, -0.2) is 0 Å². The predicted octanol–water partition coefficient (Wildman–Crippen LogP) is 3.56. The smallest absolute Gasteiger partial charge is 0.394 e. The first-order chi connectivity index (χ1) is 13.0.